The first kappa shape index (κ1) is 13.1. The molecule has 2 heteroatoms. The van der Waals surface area contributed by atoms with Crippen LogP contribution in [-0.2, 0) is 0 Å². The van der Waals surface area contributed by atoms with E-state index in [1.807, 2.05) is 0 Å². The van der Waals surface area contributed by atoms with Crippen LogP contribution in [0.25, 0.3) is 0 Å². The molecule has 2 aromatic carbocycles. The van der Waals surface area contributed by atoms with E-state index in [1.165, 1.54) is 11.1 Å². The molecular weight excluding hydrogens is 234 g/mol. The fraction of sp³-hybridized carbons (Fsp3) is 0.250. The van der Waals surface area contributed by atoms with E-state index >= 15 is 0 Å². The van der Waals surface area contributed by atoms with Crippen molar-refractivity contribution in [1.82, 2.24) is 5.40 Å². The number of benzene rings is 2. The van der Waals surface area contributed by atoms with Crippen LogP contribution in [0.4, 0.5) is 0 Å². The molecule has 0 aliphatic rings. The predicted octanol–water partition coefficient (Wildman–Crippen LogP) is 3.38. The van der Waals surface area contributed by atoms with Crippen LogP contribution in [0.2, 0.25) is 5.04 Å². The Hall–Kier alpha value is -1.38. The van der Waals surface area contributed by atoms with Crippen LogP contribution in [0.1, 0.15) is 30.9 Å². The van der Waals surface area contributed by atoms with E-state index in [4.69, 9.17) is 5.40 Å². The monoisotopic (exact) mass is 254 g/mol. The van der Waals surface area contributed by atoms with Crippen LogP contribution in [0.5, 0.6) is 0 Å². The van der Waals surface area contributed by atoms with Crippen molar-refractivity contribution < 1.29 is 0 Å². The molecule has 2 rings (SSSR count). The summed E-state index contributed by atoms with van der Waals surface area (Å²) >= 11 is 0. The second-order valence-electron chi connectivity index (χ2n) is 5.42. The minimum atomic E-state index is -0.843. The molecule has 0 bridgehead atoms. The summed E-state index contributed by atoms with van der Waals surface area (Å²) < 4.78 is 0. The zero-order valence-corrected chi connectivity index (χ0v) is 12.5. The molecule has 93 valence electrons. The Morgan fingerprint density at radius 1 is 0.833 bits per heavy atom. The van der Waals surface area contributed by atoms with E-state index in [0.29, 0.717) is 5.92 Å². The topological polar surface area (TPSA) is 23.8 Å². The Bertz CT molecular complexity index is 439. The normalized spacial score (nSPS) is 12.4. The average molecular weight is 254 g/mol. The Labute approximate surface area is 112 Å². The third-order valence-electron chi connectivity index (χ3n) is 3.50. The molecule has 0 aliphatic carbocycles. The largest absolute Gasteiger partial charge is 0.292 e. The summed E-state index contributed by atoms with van der Waals surface area (Å²) in [5, 5.41) is 8.05. The molecule has 0 aromatic heterocycles. The summed E-state index contributed by atoms with van der Waals surface area (Å²) in [7, 11) is -0.843. The second-order valence-corrected chi connectivity index (χ2v) is 7.60. The van der Waals surface area contributed by atoms with Crippen molar-refractivity contribution in [2.45, 2.75) is 24.8 Å². The SMILES string of the molecule is CC(C)([SiH2][NH])C(c1ccccc1)c1ccccc1. The molecule has 0 saturated carbocycles. The molecule has 0 spiro atoms. The molecule has 1 radical (unpaired) electrons. The fourth-order valence-corrected chi connectivity index (χ4v) is 3.16. The van der Waals surface area contributed by atoms with Gasteiger partial charge in [-0.1, -0.05) is 74.5 Å². The van der Waals surface area contributed by atoms with Gasteiger partial charge in [0.05, 0.1) is 0 Å². The molecule has 1 nitrogen and oxygen atoms in total. The highest BCUT2D eigenvalue weighted by molar-refractivity contribution is 6.35. The first-order valence-electron chi connectivity index (χ1n) is 6.39. The molecular formula is C16H20NSi. The Morgan fingerprint density at radius 2 is 1.22 bits per heavy atom. The zero-order valence-electron chi connectivity index (χ0n) is 11.1. The smallest absolute Gasteiger partial charge is 0.116 e. The van der Waals surface area contributed by atoms with Gasteiger partial charge in [-0.3, -0.25) is 5.40 Å². The minimum Gasteiger partial charge on any atom is -0.292 e. The van der Waals surface area contributed by atoms with Crippen molar-refractivity contribution in [2.75, 3.05) is 0 Å². The summed E-state index contributed by atoms with van der Waals surface area (Å²) in [5.41, 5.74) is 2.65. The molecule has 0 unspecified atom stereocenters. The summed E-state index contributed by atoms with van der Waals surface area (Å²) in [6.45, 7) is 4.47. The highest BCUT2D eigenvalue weighted by Crippen LogP contribution is 2.44. The maximum absolute atomic E-state index is 7.97. The first-order valence-corrected chi connectivity index (χ1v) is 7.81. The van der Waals surface area contributed by atoms with E-state index in [0.717, 1.165) is 0 Å². The lowest BCUT2D eigenvalue weighted by Crippen LogP contribution is -2.24. The average Bonchev–Trinajstić information content (AvgIpc) is 2.41. The first-order chi connectivity index (χ1) is 8.65. The molecule has 0 heterocycles. The van der Waals surface area contributed by atoms with E-state index in [1.54, 1.807) is 0 Å². The lowest BCUT2D eigenvalue weighted by atomic mass is 9.82. The van der Waals surface area contributed by atoms with Gasteiger partial charge in [0.25, 0.3) is 0 Å². The minimum absolute atomic E-state index is 0.0721. The Morgan fingerprint density at radius 3 is 1.56 bits per heavy atom. The van der Waals surface area contributed by atoms with Crippen LogP contribution in [0.3, 0.4) is 0 Å². The van der Waals surface area contributed by atoms with E-state index < -0.39 is 9.68 Å². The van der Waals surface area contributed by atoms with E-state index in [2.05, 4.69) is 74.5 Å². The molecule has 2 aromatic rings. The second kappa shape index (κ2) is 5.51. The predicted molar refractivity (Wildman–Crippen MR) is 80.4 cm³/mol. The Kier molecular flexibility index (Phi) is 3.99. The highest BCUT2D eigenvalue weighted by Gasteiger charge is 2.31. The van der Waals surface area contributed by atoms with Crippen LogP contribution in [0.15, 0.2) is 60.7 Å². The number of hydrogen-bond donors (Lipinski definition) is 0. The van der Waals surface area contributed by atoms with Gasteiger partial charge in [0.2, 0.25) is 0 Å². The van der Waals surface area contributed by atoms with E-state index in [-0.39, 0.29) is 5.04 Å². The van der Waals surface area contributed by atoms with Crippen molar-refractivity contribution in [3.8, 4) is 0 Å². The van der Waals surface area contributed by atoms with Crippen LogP contribution in [0, 0.1) is 0 Å². The number of rotatable bonds is 4. The van der Waals surface area contributed by atoms with Gasteiger partial charge in [-0.25, -0.2) is 0 Å². The summed E-state index contributed by atoms with van der Waals surface area (Å²) in [5.74, 6) is 0.337. The molecule has 0 aliphatic heterocycles. The molecule has 18 heavy (non-hydrogen) atoms. The van der Waals surface area contributed by atoms with Crippen molar-refractivity contribution in [1.29, 1.82) is 0 Å². The molecule has 0 atom stereocenters. The number of nitrogens with one attached hydrogen (secondary N) is 1. The van der Waals surface area contributed by atoms with Gasteiger partial charge in [0.1, 0.15) is 9.68 Å². The third kappa shape index (κ3) is 2.71. The fourth-order valence-electron chi connectivity index (χ4n) is 2.49. The van der Waals surface area contributed by atoms with Crippen LogP contribution >= 0.6 is 0 Å². The summed E-state index contributed by atoms with van der Waals surface area (Å²) in [4.78, 5) is 0. The lowest BCUT2D eigenvalue weighted by molar-refractivity contribution is 0.579. The van der Waals surface area contributed by atoms with Crippen molar-refractivity contribution in [2.24, 2.45) is 0 Å². The van der Waals surface area contributed by atoms with Gasteiger partial charge in [-0.05, 0) is 16.2 Å². The zero-order chi connectivity index (χ0) is 13.0. The molecule has 1 N–H and O–H groups in total. The summed E-state index contributed by atoms with van der Waals surface area (Å²) in [6.07, 6.45) is 0. The number of hydrogen-bond acceptors (Lipinski definition) is 0. The van der Waals surface area contributed by atoms with Gasteiger partial charge in [-0.2, -0.15) is 0 Å². The highest BCUT2D eigenvalue weighted by atomic mass is 28.2. The Balaban J connectivity index is 2.49. The summed E-state index contributed by atoms with van der Waals surface area (Å²) in [6, 6.07) is 21.2. The van der Waals surface area contributed by atoms with Crippen LogP contribution < -0.4 is 5.40 Å². The quantitative estimate of drug-likeness (QED) is 0.747. The molecule has 0 amide bonds. The van der Waals surface area contributed by atoms with Crippen LogP contribution in [-0.4, -0.2) is 9.68 Å². The van der Waals surface area contributed by atoms with Gasteiger partial charge in [0.15, 0.2) is 0 Å². The van der Waals surface area contributed by atoms with Gasteiger partial charge in [-0.15, -0.1) is 0 Å². The standard InChI is InChI=1S/C16H20NSi/c1-16(2,18-17)15(13-9-5-3-6-10-13)14-11-7-4-8-12-14/h3-12,15,17H,18H2,1-2H3. The van der Waals surface area contributed by atoms with Crippen molar-refractivity contribution in [3.63, 3.8) is 0 Å². The lowest BCUT2D eigenvalue weighted by Gasteiger charge is -2.33. The van der Waals surface area contributed by atoms with Crippen molar-refractivity contribution in [3.05, 3.63) is 71.8 Å². The maximum atomic E-state index is 7.97. The van der Waals surface area contributed by atoms with Gasteiger partial charge >= 0.3 is 0 Å². The third-order valence-corrected chi connectivity index (χ3v) is 4.82. The molecule has 0 saturated heterocycles. The van der Waals surface area contributed by atoms with Crippen molar-refractivity contribution >= 4 is 9.68 Å². The molecule has 0 fully saturated rings. The van der Waals surface area contributed by atoms with Gasteiger partial charge < -0.3 is 0 Å². The van der Waals surface area contributed by atoms with E-state index in [9.17, 15) is 0 Å². The van der Waals surface area contributed by atoms with Gasteiger partial charge in [0, 0.05) is 5.92 Å². The maximum Gasteiger partial charge on any atom is 0.116 e.